The fourth-order valence-electron chi connectivity index (χ4n) is 1.95. The quantitative estimate of drug-likeness (QED) is 0.701. The van der Waals surface area contributed by atoms with E-state index in [4.69, 9.17) is 5.73 Å². The summed E-state index contributed by atoms with van der Waals surface area (Å²) in [7, 11) is 0. The molecule has 0 unspecified atom stereocenters. The number of carbonyl (C=O) groups excluding carboxylic acids is 1. The Kier molecular flexibility index (Phi) is 2.50. The van der Waals surface area contributed by atoms with Crippen LogP contribution >= 0.6 is 0 Å². The highest BCUT2D eigenvalue weighted by Crippen LogP contribution is 2.21. The molecule has 1 aliphatic rings. The van der Waals surface area contributed by atoms with Gasteiger partial charge in [-0.05, 0) is 24.0 Å². The Morgan fingerprint density at radius 3 is 2.43 bits per heavy atom. The van der Waals surface area contributed by atoms with E-state index in [1.165, 1.54) is 11.1 Å². The van der Waals surface area contributed by atoms with Crippen molar-refractivity contribution < 1.29 is 4.79 Å². The molecule has 0 saturated heterocycles. The third kappa shape index (κ3) is 1.77. The molecule has 3 heteroatoms. The van der Waals surface area contributed by atoms with E-state index in [1.54, 1.807) is 0 Å². The van der Waals surface area contributed by atoms with Crippen molar-refractivity contribution in [2.45, 2.75) is 18.9 Å². The second-order valence-corrected chi connectivity index (χ2v) is 3.65. The number of benzene rings is 1. The molecule has 0 heterocycles. The smallest absolute Gasteiger partial charge is 0.233 e. The summed E-state index contributed by atoms with van der Waals surface area (Å²) in [5.74, 6) is -0.0668. The largest absolute Gasteiger partial charge is 0.352 e. The lowest BCUT2D eigenvalue weighted by Crippen LogP contribution is -2.39. The minimum Gasteiger partial charge on any atom is -0.352 e. The molecular weight excluding hydrogens is 176 g/mol. The second-order valence-electron chi connectivity index (χ2n) is 3.65. The van der Waals surface area contributed by atoms with E-state index < -0.39 is 0 Å². The van der Waals surface area contributed by atoms with Crippen LogP contribution in [0.1, 0.15) is 11.1 Å². The van der Waals surface area contributed by atoms with Gasteiger partial charge in [0, 0.05) is 6.04 Å². The lowest BCUT2D eigenvalue weighted by molar-refractivity contribution is -0.120. The Morgan fingerprint density at radius 1 is 1.36 bits per heavy atom. The van der Waals surface area contributed by atoms with E-state index in [0.29, 0.717) is 0 Å². The zero-order chi connectivity index (χ0) is 9.97. The number of rotatable bonds is 2. The van der Waals surface area contributed by atoms with Gasteiger partial charge in [0.05, 0.1) is 6.54 Å². The molecule has 0 atom stereocenters. The molecule has 0 aromatic heterocycles. The number of nitrogens with two attached hydrogens (primary N) is 1. The lowest BCUT2D eigenvalue weighted by atomic mass is 10.1. The van der Waals surface area contributed by atoms with Gasteiger partial charge in [-0.15, -0.1) is 0 Å². The van der Waals surface area contributed by atoms with Crippen molar-refractivity contribution in [3.8, 4) is 0 Å². The lowest BCUT2D eigenvalue weighted by Gasteiger charge is -2.10. The summed E-state index contributed by atoms with van der Waals surface area (Å²) in [5, 5.41) is 2.91. The predicted molar refractivity (Wildman–Crippen MR) is 54.8 cm³/mol. The van der Waals surface area contributed by atoms with Crippen molar-refractivity contribution in [2.24, 2.45) is 5.73 Å². The van der Waals surface area contributed by atoms with Crippen LogP contribution in [0.3, 0.4) is 0 Å². The molecule has 0 radical (unpaired) electrons. The number of hydrogen-bond donors (Lipinski definition) is 2. The Bertz CT molecular complexity index is 324. The first kappa shape index (κ1) is 9.21. The summed E-state index contributed by atoms with van der Waals surface area (Å²) >= 11 is 0. The fourth-order valence-corrected chi connectivity index (χ4v) is 1.95. The molecule has 14 heavy (non-hydrogen) atoms. The van der Waals surface area contributed by atoms with Crippen LogP contribution in [0.5, 0.6) is 0 Å². The summed E-state index contributed by atoms with van der Waals surface area (Å²) in [5.41, 5.74) is 7.93. The zero-order valence-electron chi connectivity index (χ0n) is 7.99. The van der Waals surface area contributed by atoms with Crippen molar-refractivity contribution >= 4 is 5.91 Å². The van der Waals surface area contributed by atoms with Gasteiger partial charge in [-0.25, -0.2) is 0 Å². The Morgan fingerprint density at radius 2 is 1.93 bits per heavy atom. The van der Waals surface area contributed by atoms with Gasteiger partial charge in [0.2, 0.25) is 5.91 Å². The molecule has 0 fully saturated rings. The minimum absolute atomic E-state index is 0.0668. The number of fused-ring (bicyclic) bond motifs is 1. The minimum atomic E-state index is -0.0668. The van der Waals surface area contributed by atoms with Gasteiger partial charge in [0.1, 0.15) is 0 Å². The van der Waals surface area contributed by atoms with Crippen LogP contribution in [0.25, 0.3) is 0 Å². The average molecular weight is 190 g/mol. The van der Waals surface area contributed by atoms with Crippen molar-refractivity contribution in [1.29, 1.82) is 0 Å². The standard InChI is InChI=1S/C11H14N2O/c12-7-11(14)13-10-5-8-3-1-2-4-9(8)6-10/h1-4,10H,5-7,12H2,(H,13,14). The summed E-state index contributed by atoms with van der Waals surface area (Å²) in [6.45, 7) is 0.0762. The number of nitrogens with one attached hydrogen (secondary N) is 1. The van der Waals surface area contributed by atoms with E-state index in [-0.39, 0.29) is 18.5 Å². The molecule has 3 N–H and O–H groups in total. The van der Waals surface area contributed by atoms with Gasteiger partial charge in [0.25, 0.3) is 0 Å². The average Bonchev–Trinajstić information content (AvgIpc) is 2.59. The normalized spacial score (nSPS) is 15.2. The molecule has 2 rings (SSSR count). The van der Waals surface area contributed by atoms with Gasteiger partial charge in [-0.1, -0.05) is 24.3 Å². The van der Waals surface area contributed by atoms with Gasteiger partial charge >= 0.3 is 0 Å². The molecule has 1 amide bonds. The van der Waals surface area contributed by atoms with E-state index in [2.05, 4.69) is 17.4 Å². The van der Waals surface area contributed by atoms with Crippen LogP contribution in [0.2, 0.25) is 0 Å². The van der Waals surface area contributed by atoms with Crippen LogP contribution in [-0.4, -0.2) is 18.5 Å². The van der Waals surface area contributed by atoms with Gasteiger partial charge < -0.3 is 11.1 Å². The summed E-state index contributed by atoms with van der Waals surface area (Å²) in [4.78, 5) is 11.1. The van der Waals surface area contributed by atoms with Crippen LogP contribution in [0.4, 0.5) is 0 Å². The second kappa shape index (κ2) is 3.80. The molecule has 0 aliphatic heterocycles. The van der Waals surface area contributed by atoms with E-state index in [9.17, 15) is 4.79 Å². The van der Waals surface area contributed by atoms with Crippen LogP contribution in [0.15, 0.2) is 24.3 Å². The van der Waals surface area contributed by atoms with Crippen molar-refractivity contribution in [2.75, 3.05) is 6.54 Å². The van der Waals surface area contributed by atoms with Crippen molar-refractivity contribution in [3.63, 3.8) is 0 Å². The summed E-state index contributed by atoms with van der Waals surface area (Å²) in [6, 6.07) is 8.54. The van der Waals surface area contributed by atoms with Gasteiger partial charge in [0.15, 0.2) is 0 Å². The molecule has 1 aliphatic carbocycles. The van der Waals surface area contributed by atoms with Crippen LogP contribution < -0.4 is 11.1 Å². The van der Waals surface area contributed by atoms with E-state index >= 15 is 0 Å². The zero-order valence-corrected chi connectivity index (χ0v) is 7.99. The highest BCUT2D eigenvalue weighted by Gasteiger charge is 2.21. The molecule has 1 aromatic carbocycles. The van der Waals surface area contributed by atoms with Gasteiger partial charge in [-0.2, -0.15) is 0 Å². The molecular formula is C11H14N2O. The highest BCUT2D eigenvalue weighted by molar-refractivity contribution is 5.78. The Hall–Kier alpha value is -1.35. The molecule has 3 nitrogen and oxygen atoms in total. The SMILES string of the molecule is NCC(=O)NC1Cc2ccccc2C1. The maximum absolute atomic E-state index is 11.1. The first-order valence-corrected chi connectivity index (χ1v) is 4.86. The van der Waals surface area contributed by atoms with Gasteiger partial charge in [-0.3, -0.25) is 4.79 Å². The molecule has 1 aromatic rings. The van der Waals surface area contributed by atoms with Crippen molar-refractivity contribution in [1.82, 2.24) is 5.32 Å². The van der Waals surface area contributed by atoms with E-state index in [0.717, 1.165) is 12.8 Å². The molecule has 0 saturated carbocycles. The fraction of sp³-hybridized carbons (Fsp3) is 0.364. The predicted octanol–water partition coefficient (Wildman–Crippen LogP) is 0.229. The maximum Gasteiger partial charge on any atom is 0.233 e. The topological polar surface area (TPSA) is 55.1 Å². The highest BCUT2D eigenvalue weighted by atomic mass is 16.1. The van der Waals surface area contributed by atoms with Crippen LogP contribution in [-0.2, 0) is 17.6 Å². The van der Waals surface area contributed by atoms with Crippen molar-refractivity contribution in [3.05, 3.63) is 35.4 Å². The molecule has 0 bridgehead atoms. The number of carbonyl (C=O) groups is 1. The van der Waals surface area contributed by atoms with E-state index in [1.807, 2.05) is 12.1 Å². The Labute approximate surface area is 83.3 Å². The van der Waals surface area contributed by atoms with Crippen LogP contribution in [0, 0.1) is 0 Å². The summed E-state index contributed by atoms with van der Waals surface area (Å²) in [6.07, 6.45) is 1.86. The maximum atomic E-state index is 11.1. The first-order chi connectivity index (χ1) is 6.79. The number of amides is 1. The number of hydrogen-bond acceptors (Lipinski definition) is 2. The summed E-state index contributed by atoms with van der Waals surface area (Å²) < 4.78 is 0. The third-order valence-corrected chi connectivity index (χ3v) is 2.60. The first-order valence-electron chi connectivity index (χ1n) is 4.86. The molecule has 74 valence electrons. The Balaban J connectivity index is 2.01. The third-order valence-electron chi connectivity index (χ3n) is 2.60. The monoisotopic (exact) mass is 190 g/mol. The molecule has 0 spiro atoms.